The number of hydrogen-bond acceptors (Lipinski definition) is 6. The largest absolute Gasteiger partial charge is 0.490 e. The van der Waals surface area contributed by atoms with Gasteiger partial charge in [-0.3, -0.25) is 10.1 Å². The number of nitro benzene ring substituents is 1. The first kappa shape index (κ1) is 20.1. The van der Waals surface area contributed by atoms with Crippen molar-refractivity contribution in [2.75, 3.05) is 24.2 Å². The van der Waals surface area contributed by atoms with Crippen molar-refractivity contribution in [2.45, 2.75) is 37.7 Å². The van der Waals surface area contributed by atoms with Crippen LogP contribution in [0.2, 0.25) is 0 Å². The molecule has 0 aliphatic carbocycles. The summed E-state index contributed by atoms with van der Waals surface area (Å²) in [4.78, 5) is 12.6. The van der Waals surface area contributed by atoms with Crippen LogP contribution in [0.25, 0.3) is 0 Å². The van der Waals surface area contributed by atoms with Gasteiger partial charge < -0.3 is 9.64 Å². The van der Waals surface area contributed by atoms with Gasteiger partial charge in [0.15, 0.2) is 9.84 Å². The maximum absolute atomic E-state index is 12.0. The van der Waals surface area contributed by atoms with Crippen molar-refractivity contribution >= 4 is 21.2 Å². The van der Waals surface area contributed by atoms with Crippen LogP contribution in [0.5, 0.6) is 5.75 Å². The molecular weight excluding hydrogens is 380 g/mol. The fourth-order valence-electron chi connectivity index (χ4n) is 3.61. The molecule has 0 saturated carbocycles. The molecular formula is C20H24N2O5S. The van der Waals surface area contributed by atoms with Gasteiger partial charge in [-0.2, -0.15) is 0 Å². The number of piperidine rings is 1. The Labute approximate surface area is 165 Å². The highest BCUT2D eigenvalue weighted by molar-refractivity contribution is 7.90. The fourth-order valence-corrected chi connectivity index (χ4v) is 4.47. The maximum Gasteiger partial charge on any atom is 0.311 e. The van der Waals surface area contributed by atoms with E-state index in [2.05, 4.69) is 0 Å². The number of nitrogens with zero attached hydrogens (tertiary/aromatic N) is 2. The SMILES string of the molecule is Cc1cccc(C)c1OC1CCN(c2cccc(S(C)(=O)=O)c2[N+](=O)[O-])CC1. The average molecular weight is 404 g/mol. The lowest BCUT2D eigenvalue weighted by Crippen LogP contribution is -2.38. The number of benzene rings is 2. The van der Waals surface area contributed by atoms with E-state index in [4.69, 9.17) is 4.74 Å². The van der Waals surface area contributed by atoms with Crippen molar-refractivity contribution in [3.8, 4) is 5.75 Å². The van der Waals surface area contributed by atoms with E-state index in [9.17, 15) is 18.5 Å². The van der Waals surface area contributed by atoms with E-state index in [-0.39, 0.29) is 16.7 Å². The maximum atomic E-state index is 12.0. The molecule has 1 heterocycles. The predicted octanol–water partition coefficient (Wildman–Crippen LogP) is 3.66. The molecule has 2 aromatic rings. The molecule has 3 rings (SSSR count). The third-order valence-electron chi connectivity index (χ3n) is 5.04. The highest BCUT2D eigenvalue weighted by Crippen LogP contribution is 2.36. The summed E-state index contributed by atoms with van der Waals surface area (Å²) >= 11 is 0. The quantitative estimate of drug-likeness (QED) is 0.558. The molecule has 1 fully saturated rings. The number of hydrogen-bond donors (Lipinski definition) is 0. The first-order valence-electron chi connectivity index (χ1n) is 9.13. The minimum absolute atomic E-state index is 0.0215. The van der Waals surface area contributed by atoms with Crippen LogP contribution in [0, 0.1) is 24.0 Å². The van der Waals surface area contributed by atoms with Gasteiger partial charge in [-0.05, 0) is 37.1 Å². The third kappa shape index (κ3) is 4.11. The van der Waals surface area contributed by atoms with Crippen molar-refractivity contribution < 1.29 is 18.1 Å². The van der Waals surface area contributed by atoms with E-state index in [1.807, 2.05) is 36.9 Å². The molecule has 0 bridgehead atoms. The standard InChI is InChI=1S/C20H24N2O5S/c1-14-6-4-7-15(2)20(14)27-16-10-12-21(13-11-16)17-8-5-9-18(28(3,25)26)19(17)22(23)24/h4-9,16H,10-13H2,1-3H3. The van der Waals surface area contributed by atoms with Gasteiger partial charge in [0, 0.05) is 32.2 Å². The summed E-state index contributed by atoms with van der Waals surface area (Å²) in [6, 6.07) is 10.5. The van der Waals surface area contributed by atoms with E-state index >= 15 is 0 Å². The Morgan fingerprint density at radius 1 is 1.07 bits per heavy atom. The molecule has 0 radical (unpaired) electrons. The zero-order valence-corrected chi connectivity index (χ0v) is 17.0. The van der Waals surface area contributed by atoms with Crippen molar-refractivity contribution in [1.29, 1.82) is 0 Å². The van der Waals surface area contributed by atoms with Crippen molar-refractivity contribution in [3.05, 3.63) is 57.6 Å². The molecule has 0 spiro atoms. The van der Waals surface area contributed by atoms with Crippen LogP contribution in [0.15, 0.2) is 41.3 Å². The van der Waals surface area contributed by atoms with Crippen LogP contribution in [0.1, 0.15) is 24.0 Å². The molecule has 28 heavy (non-hydrogen) atoms. The second-order valence-electron chi connectivity index (χ2n) is 7.18. The summed E-state index contributed by atoms with van der Waals surface area (Å²) in [5.74, 6) is 0.894. The number of rotatable bonds is 5. The Bertz CT molecular complexity index is 975. The number of sulfone groups is 1. The molecule has 0 amide bonds. The lowest BCUT2D eigenvalue weighted by molar-refractivity contribution is -0.387. The van der Waals surface area contributed by atoms with Crippen LogP contribution >= 0.6 is 0 Å². The first-order chi connectivity index (χ1) is 13.2. The Morgan fingerprint density at radius 2 is 1.64 bits per heavy atom. The lowest BCUT2D eigenvalue weighted by Gasteiger charge is -2.34. The van der Waals surface area contributed by atoms with Crippen molar-refractivity contribution in [2.24, 2.45) is 0 Å². The van der Waals surface area contributed by atoms with Crippen LogP contribution in [-0.4, -0.2) is 38.8 Å². The molecule has 0 aromatic heterocycles. The van der Waals surface area contributed by atoms with Gasteiger partial charge in [0.2, 0.25) is 0 Å². The normalized spacial score (nSPS) is 15.5. The summed E-state index contributed by atoms with van der Waals surface area (Å²) in [6.45, 7) is 5.14. The van der Waals surface area contributed by atoms with Crippen LogP contribution < -0.4 is 9.64 Å². The van der Waals surface area contributed by atoms with Gasteiger partial charge in [-0.15, -0.1) is 0 Å². The van der Waals surface area contributed by atoms with Gasteiger partial charge >= 0.3 is 5.69 Å². The molecule has 0 atom stereocenters. The average Bonchev–Trinajstić information content (AvgIpc) is 2.64. The van der Waals surface area contributed by atoms with Gasteiger partial charge in [-0.25, -0.2) is 8.42 Å². The number of anilines is 1. The molecule has 2 aromatic carbocycles. The van der Waals surface area contributed by atoms with E-state index in [1.165, 1.54) is 6.07 Å². The lowest BCUT2D eigenvalue weighted by atomic mass is 10.1. The monoisotopic (exact) mass is 404 g/mol. The number of nitro groups is 1. The highest BCUT2D eigenvalue weighted by atomic mass is 32.2. The smallest absolute Gasteiger partial charge is 0.311 e. The summed E-state index contributed by atoms with van der Waals surface area (Å²) in [6.07, 6.45) is 2.42. The van der Waals surface area contributed by atoms with Gasteiger partial charge in [0.1, 0.15) is 22.4 Å². The predicted molar refractivity (Wildman–Crippen MR) is 108 cm³/mol. The Kier molecular flexibility index (Phi) is 5.60. The van der Waals surface area contributed by atoms with Gasteiger partial charge in [0.05, 0.1) is 4.92 Å². The second kappa shape index (κ2) is 7.79. The minimum Gasteiger partial charge on any atom is -0.490 e. The van der Waals surface area contributed by atoms with Crippen molar-refractivity contribution in [1.82, 2.24) is 0 Å². The van der Waals surface area contributed by atoms with Crippen LogP contribution in [0.3, 0.4) is 0 Å². The Morgan fingerprint density at radius 3 is 2.18 bits per heavy atom. The Hall–Kier alpha value is -2.61. The van der Waals surface area contributed by atoms with Gasteiger partial charge in [0.25, 0.3) is 0 Å². The van der Waals surface area contributed by atoms with Crippen LogP contribution in [0.4, 0.5) is 11.4 Å². The zero-order valence-electron chi connectivity index (χ0n) is 16.2. The third-order valence-corrected chi connectivity index (χ3v) is 6.16. The Balaban J connectivity index is 1.80. The topological polar surface area (TPSA) is 89.8 Å². The summed E-state index contributed by atoms with van der Waals surface area (Å²) < 4.78 is 30.1. The van der Waals surface area contributed by atoms with E-state index in [0.29, 0.717) is 31.6 Å². The van der Waals surface area contributed by atoms with E-state index in [1.54, 1.807) is 12.1 Å². The summed E-state index contributed by atoms with van der Waals surface area (Å²) in [7, 11) is -3.69. The van der Waals surface area contributed by atoms with E-state index < -0.39 is 14.8 Å². The molecule has 8 heteroatoms. The molecule has 150 valence electrons. The zero-order chi connectivity index (χ0) is 20.5. The number of aryl methyl sites for hydroxylation is 2. The number of ether oxygens (including phenoxy) is 1. The number of para-hydroxylation sites is 2. The molecule has 1 saturated heterocycles. The van der Waals surface area contributed by atoms with Crippen molar-refractivity contribution in [3.63, 3.8) is 0 Å². The second-order valence-corrected chi connectivity index (χ2v) is 9.16. The fraction of sp³-hybridized carbons (Fsp3) is 0.400. The first-order valence-corrected chi connectivity index (χ1v) is 11.0. The minimum atomic E-state index is -3.69. The molecule has 1 aliphatic heterocycles. The van der Waals surface area contributed by atoms with Gasteiger partial charge in [-0.1, -0.05) is 24.3 Å². The highest BCUT2D eigenvalue weighted by Gasteiger charge is 2.31. The summed E-state index contributed by atoms with van der Waals surface area (Å²) in [5.41, 5.74) is 2.16. The molecule has 7 nitrogen and oxygen atoms in total. The van der Waals surface area contributed by atoms with E-state index in [0.717, 1.165) is 23.1 Å². The van der Waals surface area contributed by atoms with Crippen LogP contribution in [-0.2, 0) is 9.84 Å². The molecule has 1 aliphatic rings. The molecule has 0 unspecified atom stereocenters. The summed E-state index contributed by atoms with van der Waals surface area (Å²) in [5, 5.41) is 11.6. The molecule has 0 N–H and O–H groups in total.